The number of hydrogen-bond donors (Lipinski definition) is 1. The smallest absolute Gasteiger partial charge is 0.255 e. The van der Waals surface area contributed by atoms with Gasteiger partial charge in [0.25, 0.3) is 5.91 Å². The zero-order valence-corrected chi connectivity index (χ0v) is 16.9. The van der Waals surface area contributed by atoms with Crippen LogP contribution in [0.5, 0.6) is 0 Å². The van der Waals surface area contributed by atoms with Crippen molar-refractivity contribution in [3.8, 4) is 0 Å². The summed E-state index contributed by atoms with van der Waals surface area (Å²) in [6.45, 7) is 3.69. The Morgan fingerprint density at radius 2 is 1.43 bits per heavy atom. The van der Waals surface area contributed by atoms with Crippen molar-refractivity contribution < 1.29 is 9.59 Å². The zero-order valence-electron chi connectivity index (χ0n) is 16.9. The van der Waals surface area contributed by atoms with E-state index in [0.29, 0.717) is 0 Å². The van der Waals surface area contributed by atoms with Crippen LogP contribution in [0.15, 0.2) is 18.2 Å². The van der Waals surface area contributed by atoms with E-state index in [9.17, 15) is 9.59 Å². The van der Waals surface area contributed by atoms with Gasteiger partial charge in [0, 0.05) is 37.8 Å². The number of nitrogens with zero attached hydrogens (tertiary/aromatic N) is 2. The Bertz CT molecular complexity index is 698. The fourth-order valence-corrected chi connectivity index (χ4v) is 4.40. The highest BCUT2D eigenvalue weighted by atomic mass is 16.2. The fourth-order valence-electron chi connectivity index (χ4n) is 4.40. The molecule has 1 saturated carbocycles. The predicted octanol–water partition coefficient (Wildman–Crippen LogP) is 4.43. The van der Waals surface area contributed by atoms with Crippen molar-refractivity contribution in [2.75, 3.05) is 36.4 Å². The molecule has 152 valence electrons. The first kappa shape index (κ1) is 19.3. The molecule has 1 aromatic carbocycles. The van der Waals surface area contributed by atoms with Gasteiger partial charge in [-0.25, -0.2) is 0 Å². The normalized spacial score (nSPS) is 21.0. The first-order valence-electron chi connectivity index (χ1n) is 11.2. The molecule has 2 amide bonds. The molecule has 0 atom stereocenters. The predicted molar refractivity (Wildman–Crippen MR) is 113 cm³/mol. The third-order valence-corrected chi connectivity index (χ3v) is 6.28. The van der Waals surface area contributed by atoms with Crippen LogP contribution in [0.3, 0.4) is 0 Å². The quantitative estimate of drug-likeness (QED) is 0.837. The Morgan fingerprint density at radius 1 is 0.821 bits per heavy atom. The van der Waals surface area contributed by atoms with Gasteiger partial charge in [-0.2, -0.15) is 0 Å². The molecular formula is C23H33N3O2. The number of rotatable bonds is 4. The summed E-state index contributed by atoms with van der Waals surface area (Å²) in [6, 6.07) is 5.89. The fraction of sp³-hybridized carbons (Fsp3) is 0.652. The molecule has 4 rings (SSSR count). The molecule has 0 unspecified atom stereocenters. The lowest BCUT2D eigenvalue weighted by molar-refractivity contribution is -0.117. The number of hydrogen-bond acceptors (Lipinski definition) is 3. The minimum atomic E-state index is 0.119. The summed E-state index contributed by atoms with van der Waals surface area (Å²) in [5, 5.41) is 3.06. The van der Waals surface area contributed by atoms with Gasteiger partial charge in [0.2, 0.25) is 5.91 Å². The van der Waals surface area contributed by atoms with E-state index < -0.39 is 0 Å². The summed E-state index contributed by atoms with van der Waals surface area (Å²) in [7, 11) is 0. The first-order chi connectivity index (χ1) is 13.7. The molecule has 2 aliphatic heterocycles. The number of carbonyl (C=O) groups is 2. The van der Waals surface area contributed by atoms with Gasteiger partial charge in [-0.1, -0.05) is 25.7 Å². The highest BCUT2D eigenvalue weighted by Crippen LogP contribution is 2.32. The largest absolute Gasteiger partial charge is 0.371 e. The standard InChI is InChI=1S/C23H33N3O2/c27-22(18-9-10-18)24-19-11-12-20(23(28)26-15-7-3-4-8-16-26)21(17-19)25-13-5-1-2-6-14-25/h11-12,17-18H,1-10,13-16H2,(H,24,27). The molecule has 1 N–H and O–H groups in total. The summed E-state index contributed by atoms with van der Waals surface area (Å²) in [6.07, 6.45) is 11.5. The maximum absolute atomic E-state index is 13.4. The van der Waals surface area contributed by atoms with Crippen LogP contribution < -0.4 is 10.2 Å². The van der Waals surface area contributed by atoms with Crippen molar-refractivity contribution >= 4 is 23.2 Å². The Hall–Kier alpha value is -2.04. The Labute approximate surface area is 168 Å². The lowest BCUT2D eigenvalue weighted by atomic mass is 10.1. The second-order valence-electron chi connectivity index (χ2n) is 8.60. The van der Waals surface area contributed by atoms with Crippen LogP contribution in [0.2, 0.25) is 0 Å². The van der Waals surface area contributed by atoms with Gasteiger partial charge in [0.05, 0.1) is 11.3 Å². The van der Waals surface area contributed by atoms with E-state index in [-0.39, 0.29) is 17.7 Å². The van der Waals surface area contributed by atoms with Gasteiger partial charge in [0.1, 0.15) is 0 Å². The van der Waals surface area contributed by atoms with Gasteiger partial charge in [-0.3, -0.25) is 9.59 Å². The monoisotopic (exact) mass is 383 g/mol. The van der Waals surface area contributed by atoms with Crippen molar-refractivity contribution in [2.24, 2.45) is 5.92 Å². The Balaban J connectivity index is 1.60. The molecule has 1 aromatic rings. The Kier molecular flexibility index (Phi) is 6.18. The first-order valence-corrected chi connectivity index (χ1v) is 11.2. The summed E-state index contributed by atoms with van der Waals surface area (Å²) in [4.78, 5) is 30.0. The third kappa shape index (κ3) is 4.68. The van der Waals surface area contributed by atoms with Crippen molar-refractivity contribution in [1.82, 2.24) is 4.90 Å². The van der Waals surface area contributed by atoms with E-state index in [4.69, 9.17) is 0 Å². The summed E-state index contributed by atoms with van der Waals surface area (Å²) < 4.78 is 0. The van der Waals surface area contributed by atoms with E-state index in [0.717, 1.165) is 81.6 Å². The van der Waals surface area contributed by atoms with Crippen LogP contribution >= 0.6 is 0 Å². The molecule has 5 heteroatoms. The van der Waals surface area contributed by atoms with Crippen molar-refractivity contribution in [1.29, 1.82) is 0 Å². The second kappa shape index (κ2) is 8.97. The molecule has 0 spiro atoms. The van der Waals surface area contributed by atoms with E-state index in [1.54, 1.807) is 0 Å². The molecule has 0 bridgehead atoms. The van der Waals surface area contributed by atoms with Crippen LogP contribution in [0.4, 0.5) is 11.4 Å². The molecule has 3 aliphatic rings. The van der Waals surface area contributed by atoms with Crippen molar-refractivity contribution in [3.63, 3.8) is 0 Å². The van der Waals surface area contributed by atoms with E-state index >= 15 is 0 Å². The van der Waals surface area contributed by atoms with Gasteiger partial charge in [0.15, 0.2) is 0 Å². The molecular weight excluding hydrogens is 350 g/mol. The number of anilines is 2. The van der Waals surface area contributed by atoms with Crippen LogP contribution in [0.1, 0.15) is 74.6 Å². The highest BCUT2D eigenvalue weighted by molar-refractivity contribution is 6.02. The van der Waals surface area contributed by atoms with E-state index in [2.05, 4.69) is 10.2 Å². The van der Waals surface area contributed by atoms with Crippen LogP contribution in [-0.4, -0.2) is 42.9 Å². The molecule has 5 nitrogen and oxygen atoms in total. The number of likely N-dealkylation sites (tertiary alicyclic amines) is 1. The number of carbonyl (C=O) groups excluding carboxylic acids is 2. The molecule has 28 heavy (non-hydrogen) atoms. The summed E-state index contributed by atoms with van der Waals surface area (Å²) in [5.74, 6) is 0.453. The number of amides is 2. The molecule has 1 aliphatic carbocycles. The van der Waals surface area contributed by atoms with Gasteiger partial charge < -0.3 is 15.1 Å². The zero-order chi connectivity index (χ0) is 19.3. The lowest BCUT2D eigenvalue weighted by Gasteiger charge is -2.28. The Morgan fingerprint density at radius 3 is 2.04 bits per heavy atom. The molecule has 2 heterocycles. The lowest BCUT2D eigenvalue weighted by Crippen LogP contribution is -2.34. The van der Waals surface area contributed by atoms with Crippen LogP contribution in [0, 0.1) is 5.92 Å². The second-order valence-corrected chi connectivity index (χ2v) is 8.60. The maximum Gasteiger partial charge on any atom is 0.255 e. The topological polar surface area (TPSA) is 52.7 Å². The van der Waals surface area contributed by atoms with E-state index in [1.807, 2.05) is 23.1 Å². The minimum absolute atomic E-state index is 0.119. The average Bonchev–Trinajstić information content (AvgIpc) is 3.56. The van der Waals surface area contributed by atoms with Crippen molar-refractivity contribution in [3.05, 3.63) is 23.8 Å². The highest BCUT2D eigenvalue weighted by Gasteiger charge is 2.30. The number of benzene rings is 1. The summed E-state index contributed by atoms with van der Waals surface area (Å²) >= 11 is 0. The number of nitrogens with one attached hydrogen (secondary N) is 1. The van der Waals surface area contributed by atoms with E-state index in [1.165, 1.54) is 25.7 Å². The van der Waals surface area contributed by atoms with Crippen LogP contribution in [0.25, 0.3) is 0 Å². The maximum atomic E-state index is 13.4. The van der Waals surface area contributed by atoms with Gasteiger partial charge in [-0.15, -0.1) is 0 Å². The minimum Gasteiger partial charge on any atom is -0.371 e. The third-order valence-electron chi connectivity index (χ3n) is 6.28. The molecule has 0 aromatic heterocycles. The van der Waals surface area contributed by atoms with Crippen molar-refractivity contribution in [2.45, 2.75) is 64.2 Å². The average molecular weight is 384 g/mol. The molecule has 3 fully saturated rings. The summed E-state index contributed by atoms with van der Waals surface area (Å²) in [5.41, 5.74) is 2.63. The molecule has 2 saturated heterocycles. The SMILES string of the molecule is O=C(Nc1ccc(C(=O)N2CCCCCC2)c(N2CCCCCC2)c1)C1CC1. The van der Waals surface area contributed by atoms with Crippen LogP contribution in [-0.2, 0) is 4.79 Å². The molecule has 0 radical (unpaired) electrons. The van der Waals surface area contributed by atoms with Gasteiger partial charge in [-0.05, 0) is 56.7 Å². The van der Waals surface area contributed by atoms with Gasteiger partial charge >= 0.3 is 0 Å².